The predicted octanol–water partition coefficient (Wildman–Crippen LogP) is 1.58. The van der Waals surface area contributed by atoms with Crippen molar-refractivity contribution in [3.63, 3.8) is 0 Å². The second kappa shape index (κ2) is 5.97. The smallest absolute Gasteiger partial charge is 0.306 e. The average Bonchev–Trinajstić information content (AvgIpc) is 3.01. The minimum absolute atomic E-state index is 0.191. The summed E-state index contributed by atoms with van der Waals surface area (Å²) in [5, 5.41) is 0. The van der Waals surface area contributed by atoms with Crippen molar-refractivity contribution in [3.05, 3.63) is 0 Å². The Bertz CT molecular complexity index is 461. The molecule has 0 bridgehead atoms. The van der Waals surface area contributed by atoms with Gasteiger partial charge in [0.2, 0.25) is 0 Å². The van der Waals surface area contributed by atoms with E-state index in [1.165, 1.54) is 0 Å². The van der Waals surface area contributed by atoms with E-state index in [1.54, 1.807) is 6.92 Å². The Morgan fingerprint density at radius 3 is 2.43 bits per heavy atom. The third-order valence-corrected chi connectivity index (χ3v) is 4.33. The Balaban J connectivity index is 1.75. The van der Waals surface area contributed by atoms with E-state index >= 15 is 0 Å². The topological polar surface area (TPSA) is 72.5 Å². The van der Waals surface area contributed by atoms with Gasteiger partial charge < -0.3 is 28.4 Å². The number of esters is 1. The minimum atomic E-state index is -0.723. The largest absolute Gasteiger partial charge is 0.466 e. The Morgan fingerprint density at radius 2 is 1.83 bits per heavy atom. The molecule has 132 valence electrons. The zero-order chi connectivity index (χ0) is 16.8. The standard InChI is InChI=1S/C16H26O7/c1-6-18-11(17)7-9-12(10-8-19-15(2,3)21-10)20-14-13(9)22-16(4,5)23-14/h9-10,12-14H,6-8H2,1-5H3/t9-,10-,12-,13-,14-/m1/s1. The molecule has 0 aliphatic carbocycles. The van der Waals surface area contributed by atoms with Crippen molar-refractivity contribution in [1.29, 1.82) is 0 Å². The number of hydrogen-bond acceptors (Lipinski definition) is 7. The average molecular weight is 330 g/mol. The van der Waals surface area contributed by atoms with Crippen molar-refractivity contribution in [2.75, 3.05) is 13.2 Å². The van der Waals surface area contributed by atoms with Crippen molar-refractivity contribution < 1.29 is 33.2 Å². The second-order valence-corrected chi connectivity index (χ2v) is 7.11. The molecule has 7 nitrogen and oxygen atoms in total. The third kappa shape index (κ3) is 3.53. The van der Waals surface area contributed by atoms with Crippen LogP contribution in [0.5, 0.6) is 0 Å². The minimum Gasteiger partial charge on any atom is -0.466 e. The van der Waals surface area contributed by atoms with Crippen LogP contribution in [0.4, 0.5) is 0 Å². The molecule has 0 saturated carbocycles. The fourth-order valence-corrected chi connectivity index (χ4v) is 3.48. The number of carbonyl (C=O) groups is 1. The summed E-state index contributed by atoms with van der Waals surface area (Å²) in [6.07, 6.45) is -1.19. The van der Waals surface area contributed by atoms with Crippen LogP contribution in [-0.4, -0.2) is 55.4 Å². The zero-order valence-corrected chi connectivity index (χ0v) is 14.4. The van der Waals surface area contributed by atoms with Gasteiger partial charge in [-0.25, -0.2) is 0 Å². The fraction of sp³-hybridized carbons (Fsp3) is 0.938. The molecule has 3 saturated heterocycles. The first-order valence-electron chi connectivity index (χ1n) is 8.19. The molecule has 3 rings (SSSR count). The van der Waals surface area contributed by atoms with Crippen molar-refractivity contribution in [3.8, 4) is 0 Å². The number of carbonyl (C=O) groups excluding carboxylic acids is 1. The lowest BCUT2D eigenvalue weighted by molar-refractivity contribution is -0.227. The molecule has 3 heterocycles. The molecule has 3 aliphatic heterocycles. The van der Waals surface area contributed by atoms with E-state index in [9.17, 15) is 4.79 Å². The molecule has 7 heteroatoms. The van der Waals surface area contributed by atoms with Crippen molar-refractivity contribution >= 4 is 5.97 Å². The number of fused-ring (bicyclic) bond motifs is 1. The maximum Gasteiger partial charge on any atom is 0.306 e. The Morgan fingerprint density at radius 1 is 1.09 bits per heavy atom. The Kier molecular flexibility index (Phi) is 4.44. The van der Waals surface area contributed by atoms with Gasteiger partial charge in [-0.1, -0.05) is 0 Å². The van der Waals surface area contributed by atoms with Crippen molar-refractivity contribution in [1.82, 2.24) is 0 Å². The maximum atomic E-state index is 12.0. The first-order valence-corrected chi connectivity index (χ1v) is 8.19. The van der Waals surface area contributed by atoms with Gasteiger partial charge in [0, 0.05) is 5.92 Å². The summed E-state index contributed by atoms with van der Waals surface area (Å²) in [6, 6.07) is 0. The molecule has 0 aromatic rings. The molecular formula is C16H26O7. The number of ether oxygens (including phenoxy) is 6. The highest BCUT2D eigenvalue weighted by Crippen LogP contribution is 2.45. The van der Waals surface area contributed by atoms with Crippen LogP contribution in [0.25, 0.3) is 0 Å². The van der Waals surface area contributed by atoms with Gasteiger partial charge in [-0.3, -0.25) is 4.79 Å². The van der Waals surface area contributed by atoms with E-state index in [0.717, 1.165) is 0 Å². The van der Waals surface area contributed by atoms with E-state index in [0.29, 0.717) is 13.2 Å². The van der Waals surface area contributed by atoms with E-state index in [4.69, 9.17) is 28.4 Å². The quantitative estimate of drug-likeness (QED) is 0.725. The highest BCUT2D eigenvalue weighted by molar-refractivity contribution is 5.69. The van der Waals surface area contributed by atoms with Crippen LogP contribution in [0, 0.1) is 5.92 Å². The van der Waals surface area contributed by atoms with Crippen LogP contribution in [0.2, 0.25) is 0 Å². The molecule has 3 fully saturated rings. The first-order chi connectivity index (χ1) is 10.7. The van der Waals surface area contributed by atoms with Gasteiger partial charge >= 0.3 is 5.97 Å². The second-order valence-electron chi connectivity index (χ2n) is 7.11. The van der Waals surface area contributed by atoms with Gasteiger partial charge in [-0.15, -0.1) is 0 Å². The summed E-state index contributed by atoms with van der Waals surface area (Å²) in [4.78, 5) is 12.0. The molecule has 5 atom stereocenters. The summed E-state index contributed by atoms with van der Waals surface area (Å²) in [5.41, 5.74) is 0. The lowest BCUT2D eigenvalue weighted by Crippen LogP contribution is -2.40. The lowest BCUT2D eigenvalue weighted by atomic mass is 9.91. The molecular weight excluding hydrogens is 304 g/mol. The maximum absolute atomic E-state index is 12.0. The van der Waals surface area contributed by atoms with Gasteiger partial charge in [-0.2, -0.15) is 0 Å². The number of rotatable bonds is 4. The van der Waals surface area contributed by atoms with Crippen molar-refractivity contribution in [2.24, 2.45) is 5.92 Å². The van der Waals surface area contributed by atoms with Gasteiger partial charge in [0.05, 0.1) is 25.7 Å². The van der Waals surface area contributed by atoms with Crippen LogP contribution in [-0.2, 0) is 33.2 Å². The monoisotopic (exact) mass is 330 g/mol. The van der Waals surface area contributed by atoms with Gasteiger partial charge in [-0.05, 0) is 34.6 Å². The van der Waals surface area contributed by atoms with Gasteiger partial charge in [0.25, 0.3) is 0 Å². The fourth-order valence-electron chi connectivity index (χ4n) is 3.48. The Hall–Kier alpha value is -0.730. The summed E-state index contributed by atoms with van der Waals surface area (Å²) in [5.74, 6) is -1.83. The predicted molar refractivity (Wildman–Crippen MR) is 78.3 cm³/mol. The summed E-state index contributed by atoms with van der Waals surface area (Å²) in [6.45, 7) is 9.95. The zero-order valence-electron chi connectivity index (χ0n) is 14.4. The normalized spacial score (nSPS) is 41.0. The van der Waals surface area contributed by atoms with E-state index in [1.807, 2.05) is 27.7 Å². The third-order valence-electron chi connectivity index (χ3n) is 4.33. The molecule has 0 unspecified atom stereocenters. The molecule has 0 spiro atoms. The van der Waals surface area contributed by atoms with E-state index < -0.39 is 17.9 Å². The molecule has 0 aromatic heterocycles. The van der Waals surface area contributed by atoms with Crippen LogP contribution >= 0.6 is 0 Å². The van der Waals surface area contributed by atoms with Gasteiger partial charge in [0.15, 0.2) is 17.9 Å². The van der Waals surface area contributed by atoms with E-state index in [2.05, 4.69) is 0 Å². The van der Waals surface area contributed by atoms with E-state index in [-0.39, 0.29) is 36.6 Å². The molecule has 0 radical (unpaired) electrons. The first kappa shape index (κ1) is 17.1. The molecule has 0 amide bonds. The van der Waals surface area contributed by atoms with Crippen molar-refractivity contribution in [2.45, 2.75) is 77.2 Å². The van der Waals surface area contributed by atoms with Crippen LogP contribution < -0.4 is 0 Å². The SMILES string of the molecule is CCOC(=O)C[C@@H]1[C@H]([C@H]2COC(C)(C)O2)O[C@@H]2OC(C)(C)O[C@@H]21. The number of hydrogen-bond donors (Lipinski definition) is 0. The molecule has 23 heavy (non-hydrogen) atoms. The molecule has 0 aromatic carbocycles. The molecule has 0 N–H and O–H groups in total. The summed E-state index contributed by atoms with van der Waals surface area (Å²) < 4.78 is 34.4. The summed E-state index contributed by atoms with van der Waals surface area (Å²) in [7, 11) is 0. The van der Waals surface area contributed by atoms with Gasteiger partial charge in [0.1, 0.15) is 12.2 Å². The molecule has 3 aliphatic rings. The highest BCUT2D eigenvalue weighted by atomic mass is 16.8. The van der Waals surface area contributed by atoms with Crippen LogP contribution in [0.15, 0.2) is 0 Å². The summed E-state index contributed by atoms with van der Waals surface area (Å²) >= 11 is 0. The lowest BCUT2D eigenvalue weighted by Gasteiger charge is -2.28. The van der Waals surface area contributed by atoms with Crippen LogP contribution in [0.1, 0.15) is 41.0 Å². The highest BCUT2D eigenvalue weighted by Gasteiger charge is 2.58. The Labute approximate surface area is 136 Å². The van der Waals surface area contributed by atoms with Crippen LogP contribution in [0.3, 0.4) is 0 Å².